The zero-order chi connectivity index (χ0) is 21.8. The first kappa shape index (κ1) is 21.6. The highest BCUT2D eigenvalue weighted by atomic mass is 16.1. The van der Waals surface area contributed by atoms with Gasteiger partial charge in [0.2, 0.25) is 5.95 Å². The fourth-order valence-electron chi connectivity index (χ4n) is 3.97. The molecule has 0 aliphatic heterocycles. The number of nitrogens with zero attached hydrogens (tertiary/aromatic N) is 4. The predicted molar refractivity (Wildman–Crippen MR) is 120 cm³/mol. The van der Waals surface area contributed by atoms with Gasteiger partial charge < -0.3 is 5.32 Å². The molecule has 3 aromatic rings. The third-order valence-corrected chi connectivity index (χ3v) is 5.40. The lowest BCUT2D eigenvalue weighted by atomic mass is 10.0. The van der Waals surface area contributed by atoms with Crippen LogP contribution in [0.5, 0.6) is 0 Å². The van der Waals surface area contributed by atoms with Gasteiger partial charge in [-0.1, -0.05) is 32.8 Å². The molecular formula is C23H29N5O2. The third-order valence-electron chi connectivity index (χ3n) is 5.40. The van der Waals surface area contributed by atoms with Crippen molar-refractivity contribution in [2.24, 2.45) is 0 Å². The van der Waals surface area contributed by atoms with Crippen LogP contribution in [0, 0.1) is 13.8 Å². The minimum absolute atomic E-state index is 0.0638. The van der Waals surface area contributed by atoms with Crippen LogP contribution in [0.4, 0.5) is 11.8 Å². The Kier molecular flexibility index (Phi) is 6.59. The van der Waals surface area contributed by atoms with Crippen molar-refractivity contribution in [3.05, 3.63) is 51.6 Å². The lowest BCUT2D eigenvalue weighted by molar-refractivity contribution is 0.101. The van der Waals surface area contributed by atoms with Crippen molar-refractivity contribution >= 4 is 28.6 Å². The molecule has 0 atom stereocenters. The lowest BCUT2D eigenvalue weighted by Gasteiger charge is -2.19. The van der Waals surface area contributed by atoms with Gasteiger partial charge in [0, 0.05) is 23.8 Å². The average molecular weight is 408 g/mol. The number of aromatic nitrogens is 4. The van der Waals surface area contributed by atoms with Crippen molar-refractivity contribution in [2.45, 2.75) is 66.3 Å². The first-order valence-electron chi connectivity index (χ1n) is 10.6. The number of pyridine rings is 2. The highest BCUT2D eigenvalue weighted by molar-refractivity contribution is 5.99. The van der Waals surface area contributed by atoms with E-state index < -0.39 is 0 Å². The average Bonchev–Trinajstić information content (AvgIpc) is 3.25. The number of ketones is 1. The summed E-state index contributed by atoms with van der Waals surface area (Å²) in [5.74, 6) is 0.795. The first-order chi connectivity index (χ1) is 14.5. The van der Waals surface area contributed by atoms with Crippen LogP contribution in [0.3, 0.4) is 0 Å². The van der Waals surface area contributed by atoms with Crippen molar-refractivity contribution in [2.75, 3.05) is 5.32 Å². The number of anilines is 2. The van der Waals surface area contributed by atoms with Crippen LogP contribution in [0.15, 0.2) is 29.3 Å². The molecule has 0 saturated heterocycles. The van der Waals surface area contributed by atoms with Gasteiger partial charge in [0.05, 0.1) is 5.56 Å². The maximum atomic E-state index is 13.2. The number of rotatable bonds is 4. The van der Waals surface area contributed by atoms with E-state index in [2.05, 4.69) is 20.3 Å². The Morgan fingerprint density at radius 2 is 1.80 bits per heavy atom. The molecule has 30 heavy (non-hydrogen) atoms. The van der Waals surface area contributed by atoms with Crippen molar-refractivity contribution in [1.82, 2.24) is 19.5 Å². The van der Waals surface area contributed by atoms with E-state index in [1.54, 1.807) is 23.9 Å². The molecule has 1 N–H and O–H groups in total. The smallest absolute Gasteiger partial charge is 0.263 e. The molecule has 3 aromatic heterocycles. The van der Waals surface area contributed by atoms with Crippen LogP contribution in [0.2, 0.25) is 0 Å². The Balaban J connectivity index is 0.00000124. The van der Waals surface area contributed by atoms with Gasteiger partial charge in [-0.05, 0) is 50.8 Å². The summed E-state index contributed by atoms with van der Waals surface area (Å²) in [7, 11) is 0. The fourth-order valence-corrected chi connectivity index (χ4v) is 3.97. The van der Waals surface area contributed by atoms with Crippen molar-refractivity contribution in [1.29, 1.82) is 0 Å². The molecule has 4 rings (SSSR count). The largest absolute Gasteiger partial charge is 0.309 e. The number of fused-ring (bicyclic) bond motifs is 1. The Labute approximate surface area is 176 Å². The van der Waals surface area contributed by atoms with E-state index in [9.17, 15) is 9.59 Å². The molecule has 158 valence electrons. The number of hydrogen-bond acceptors (Lipinski definition) is 6. The van der Waals surface area contributed by atoms with Crippen molar-refractivity contribution in [3.8, 4) is 0 Å². The van der Waals surface area contributed by atoms with Gasteiger partial charge >= 0.3 is 0 Å². The van der Waals surface area contributed by atoms with E-state index in [0.29, 0.717) is 23.0 Å². The Morgan fingerprint density at radius 1 is 1.10 bits per heavy atom. The molecule has 0 radical (unpaired) electrons. The molecule has 3 heterocycles. The molecule has 1 aliphatic rings. The number of carbonyl (C=O) groups is 1. The van der Waals surface area contributed by atoms with Gasteiger partial charge in [-0.3, -0.25) is 14.2 Å². The highest BCUT2D eigenvalue weighted by Gasteiger charge is 2.25. The number of nitrogens with one attached hydrogen (secondary N) is 1. The summed E-state index contributed by atoms with van der Waals surface area (Å²) in [5.41, 5.74) is 2.27. The minimum Gasteiger partial charge on any atom is -0.309 e. The van der Waals surface area contributed by atoms with Crippen LogP contribution in [0.1, 0.15) is 74.0 Å². The molecule has 7 heteroatoms. The van der Waals surface area contributed by atoms with E-state index in [-0.39, 0.29) is 22.9 Å². The second-order valence-corrected chi connectivity index (χ2v) is 7.45. The zero-order valence-electron chi connectivity index (χ0n) is 18.3. The summed E-state index contributed by atoms with van der Waals surface area (Å²) in [6.07, 6.45) is 7.44. The van der Waals surface area contributed by atoms with Crippen LogP contribution < -0.4 is 10.9 Å². The normalized spacial score (nSPS) is 13.8. The number of carbonyl (C=O) groups excluding carboxylic acids is 1. The first-order valence-corrected chi connectivity index (χ1v) is 10.6. The summed E-state index contributed by atoms with van der Waals surface area (Å²) in [4.78, 5) is 38.7. The molecule has 0 aromatic carbocycles. The third kappa shape index (κ3) is 4.10. The van der Waals surface area contributed by atoms with E-state index in [0.717, 1.165) is 36.6 Å². The minimum atomic E-state index is -0.248. The fraction of sp³-hybridized carbons (Fsp3) is 0.435. The quantitative estimate of drug-likeness (QED) is 0.619. The molecular weight excluding hydrogens is 378 g/mol. The summed E-state index contributed by atoms with van der Waals surface area (Å²) in [6, 6.07) is 3.87. The standard InChI is InChI=1S/C21H23N5O2.C2H6/c1-12-8-9-17(22-10-12)24-21-23-11-16-13(2)18(14(3)27)20(28)26(19(16)25-21)15-6-4-5-7-15;1-2/h8-11,15H,4-7H2,1-3H3,(H,22,23,24,25);1-2H3. The van der Waals surface area contributed by atoms with E-state index in [4.69, 9.17) is 0 Å². The Hall–Kier alpha value is -3.09. The Bertz CT molecular complexity index is 1110. The molecule has 1 fully saturated rings. The monoisotopic (exact) mass is 407 g/mol. The topological polar surface area (TPSA) is 89.8 Å². The van der Waals surface area contributed by atoms with Crippen molar-refractivity contribution < 1.29 is 4.79 Å². The van der Waals surface area contributed by atoms with E-state index in [1.807, 2.05) is 32.9 Å². The number of Topliss-reactive ketones (excluding diaryl/α,β-unsaturated/α-hetero) is 1. The Morgan fingerprint density at radius 3 is 2.40 bits per heavy atom. The SMILES string of the molecule is CC.CC(=O)c1c(C)c2cnc(Nc3ccc(C)cn3)nc2n(C2CCCC2)c1=O. The molecule has 0 unspecified atom stereocenters. The zero-order valence-corrected chi connectivity index (χ0v) is 18.3. The lowest BCUT2D eigenvalue weighted by Crippen LogP contribution is -2.30. The van der Waals surface area contributed by atoms with Crippen molar-refractivity contribution in [3.63, 3.8) is 0 Å². The van der Waals surface area contributed by atoms with Crippen LogP contribution in [-0.2, 0) is 0 Å². The van der Waals surface area contributed by atoms with Gasteiger partial charge in [0.15, 0.2) is 5.78 Å². The van der Waals surface area contributed by atoms with Gasteiger partial charge in [0.25, 0.3) is 5.56 Å². The second-order valence-electron chi connectivity index (χ2n) is 7.45. The second kappa shape index (κ2) is 9.15. The van der Waals surface area contributed by atoms with E-state index in [1.165, 1.54) is 6.92 Å². The summed E-state index contributed by atoms with van der Waals surface area (Å²) >= 11 is 0. The maximum absolute atomic E-state index is 13.2. The van der Waals surface area contributed by atoms with Gasteiger partial charge in [-0.2, -0.15) is 4.98 Å². The van der Waals surface area contributed by atoms with Gasteiger partial charge in [-0.15, -0.1) is 0 Å². The highest BCUT2D eigenvalue weighted by Crippen LogP contribution is 2.32. The van der Waals surface area contributed by atoms with Crippen LogP contribution in [0.25, 0.3) is 11.0 Å². The van der Waals surface area contributed by atoms with Crippen LogP contribution in [-0.4, -0.2) is 25.3 Å². The number of hydrogen-bond donors (Lipinski definition) is 1. The molecule has 0 amide bonds. The molecule has 0 bridgehead atoms. The molecule has 1 saturated carbocycles. The number of aryl methyl sites for hydroxylation is 2. The van der Waals surface area contributed by atoms with Gasteiger partial charge in [0.1, 0.15) is 11.5 Å². The summed E-state index contributed by atoms with van der Waals surface area (Å²) < 4.78 is 1.71. The molecule has 1 aliphatic carbocycles. The summed E-state index contributed by atoms with van der Waals surface area (Å²) in [5, 5.41) is 3.84. The molecule has 7 nitrogen and oxygen atoms in total. The van der Waals surface area contributed by atoms with E-state index >= 15 is 0 Å². The van der Waals surface area contributed by atoms with Gasteiger partial charge in [-0.25, -0.2) is 9.97 Å². The predicted octanol–water partition coefficient (Wildman–Crippen LogP) is 4.89. The maximum Gasteiger partial charge on any atom is 0.263 e. The van der Waals surface area contributed by atoms with Crippen LogP contribution >= 0.6 is 0 Å². The molecule has 0 spiro atoms. The summed E-state index contributed by atoms with van der Waals surface area (Å²) in [6.45, 7) is 9.20.